The Kier molecular flexibility index (Phi) is 4.34. The molecule has 0 spiro atoms. The standard InChI is InChI=1S/C14H25NS/c1-3-5-11-14(10-4-2)15-12-8-6-7-9-13(12)16-14/h13H,3-11H2,1-2H3. The normalized spacial score (nSPS) is 33.6. The summed E-state index contributed by atoms with van der Waals surface area (Å²) in [5, 5.41) is 0.789. The summed E-state index contributed by atoms with van der Waals surface area (Å²) in [4.78, 5) is 5.44. The van der Waals surface area contributed by atoms with E-state index in [1.54, 1.807) is 5.71 Å². The van der Waals surface area contributed by atoms with Crippen molar-refractivity contribution in [3.05, 3.63) is 0 Å². The van der Waals surface area contributed by atoms with E-state index in [0.717, 1.165) is 5.25 Å². The fourth-order valence-electron chi connectivity index (χ4n) is 2.97. The molecule has 1 fully saturated rings. The van der Waals surface area contributed by atoms with E-state index in [9.17, 15) is 0 Å². The van der Waals surface area contributed by atoms with Crippen molar-refractivity contribution in [2.24, 2.45) is 4.99 Å². The zero-order chi connectivity index (χ0) is 11.4. The fraction of sp³-hybridized carbons (Fsp3) is 0.929. The van der Waals surface area contributed by atoms with E-state index in [2.05, 4.69) is 25.6 Å². The van der Waals surface area contributed by atoms with Crippen molar-refractivity contribution in [2.75, 3.05) is 0 Å². The smallest absolute Gasteiger partial charge is 0.106 e. The zero-order valence-electron chi connectivity index (χ0n) is 10.8. The van der Waals surface area contributed by atoms with Crippen LogP contribution in [0.1, 0.15) is 71.6 Å². The molecule has 92 valence electrons. The van der Waals surface area contributed by atoms with Gasteiger partial charge in [0.15, 0.2) is 0 Å². The summed E-state index contributed by atoms with van der Waals surface area (Å²) in [6, 6.07) is 0. The lowest BCUT2D eigenvalue weighted by molar-refractivity contribution is 0.498. The summed E-state index contributed by atoms with van der Waals surface area (Å²) in [6.45, 7) is 4.59. The van der Waals surface area contributed by atoms with Crippen LogP contribution in [0.25, 0.3) is 0 Å². The molecular weight excluding hydrogens is 214 g/mol. The van der Waals surface area contributed by atoms with Crippen LogP contribution in [0, 0.1) is 0 Å². The van der Waals surface area contributed by atoms with E-state index in [-0.39, 0.29) is 4.87 Å². The Labute approximate surface area is 104 Å². The summed E-state index contributed by atoms with van der Waals surface area (Å²) in [5.74, 6) is 0. The minimum atomic E-state index is 0.287. The number of hydrogen-bond acceptors (Lipinski definition) is 2. The van der Waals surface area contributed by atoms with Gasteiger partial charge in [-0.15, -0.1) is 11.8 Å². The molecule has 0 amide bonds. The molecule has 1 nitrogen and oxygen atoms in total. The Morgan fingerprint density at radius 3 is 2.81 bits per heavy atom. The summed E-state index contributed by atoms with van der Waals surface area (Å²) in [5.41, 5.74) is 1.56. The number of nitrogens with zero attached hydrogens (tertiary/aromatic N) is 1. The van der Waals surface area contributed by atoms with E-state index in [1.165, 1.54) is 57.8 Å². The largest absolute Gasteiger partial charge is 0.275 e. The van der Waals surface area contributed by atoms with E-state index < -0.39 is 0 Å². The highest BCUT2D eigenvalue weighted by Gasteiger charge is 2.40. The van der Waals surface area contributed by atoms with Crippen LogP contribution in [0.5, 0.6) is 0 Å². The Morgan fingerprint density at radius 2 is 2.12 bits per heavy atom. The van der Waals surface area contributed by atoms with Gasteiger partial charge in [0.05, 0.1) is 0 Å². The lowest BCUT2D eigenvalue weighted by Crippen LogP contribution is -2.20. The summed E-state index contributed by atoms with van der Waals surface area (Å²) >= 11 is 2.20. The second-order valence-electron chi connectivity index (χ2n) is 5.26. The SMILES string of the molecule is CCCCC1(CCC)N=C2CCCCC2S1. The van der Waals surface area contributed by atoms with Crippen molar-refractivity contribution >= 4 is 17.5 Å². The third-order valence-electron chi connectivity index (χ3n) is 3.79. The number of rotatable bonds is 5. The van der Waals surface area contributed by atoms with Gasteiger partial charge in [-0.25, -0.2) is 0 Å². The van der Waals surface area contributed by atoms with Crippen LogP contribution in [-0.4, -0.2) is 15.8 Å². The predicted molar refractivity (Wildman–Crippen MR) is 74.4 cm³/mol. The molecule has 0 aromatic heterocycles. The highest BCUT2D eigenvalue weighted by atomic mass is 32.2. The molecule has 0 bridgehead atoms. The number of aliphatic imine (C=N–C) groups is 1. The van der Waals surface area contributed by atoms with Gasteiger partial charge in [-0.2, -0.15) is 0 Å². The van der Waals surface area contributed by atoms with Crippen molar-refractivity contribution in [1.82, 2.24) is 0 Å². The number of thioether (sulfide) groups is 1. The highest BCUT2D eigenvalue weighted by Crippen LogP contribution is 2.48. The van der Waals surface area contributed by atoms with Gasteiger partial charge < -0.3 is 0 Å². The average Bonchev–Trinajstić information content (AvgIpc) is 2.65. The van der Waals surface area contributed by atoms with Gasteiger partial charge in [0.2, 0.25) is 0 Å². The summed E-state index contributed by atoms with van der Waals surface area (Å²) in [6.07, 6.45) is 12.0. The van der Waals surface area contributed by atoms with Crippen LogP contribution in [0.3, 0.4) is 0 Å². The summed E-state index contributed by atoms with van der Waals surface area (Å²) in [7, 11) is 0. The van der Waals surface area contributed by atoms with Crippen molar-refractivity contribution in [3.8, 4) is 0 Å². The maximum Gasteiger partial charge on any atom is 0.106 e. The molecule has 1 aliphatic carbocycles. The molecule has 0 N–H and O–H groups in total. The first-order valence-electron chi connectivity index (χ1n) is 7.06. The van der Waals surface area contributed by atoms with Gasteiger partial charge in [-0.3, -0.25) is 4.99 Å². The minimum absolute atomic E-state index is 0.287. The molecule has 0 aromatic rings. The predicted octanol–water partition coefficient (Wildman–Crippen LogP) is 4.80. The molecule has 2 atom stereocenters. The second-order valence-corrected chi connectivity index (χ2v) is 6.82. The van der Waals surface area contributed by atoms with Gasteiger partial charge in [-0.1, -0.05) is 39.5 Å². The average molecular weight is 239 g/mol. The first-order valence-corrected chi connectivity index (χ1v) is 7.94. The first-order chi connectivity index (χ1) is 7.79. The van der Waals surface area contributed by atoms with Gasteiger partial charge >= 0.3 is 0 Å². The number of unbranched alkanes of at least 4 members (excludes halogenated alkanes) is 1. The molecule has 2 aliphatic rings. The fourth-order valence-corrected chi connectivity index (χ4v) is 4.84. The van der Waals surface area contributed by atoms with Crippen LogP contribution >= 0.6 is 11.8 Å². The van der Waals surface area contributed by atoms with Crippen LogP contribution in [0.2, 0.25) is 0 Å². The van der Waals surface area contributed by atoms with Crippen LogP contribution < -0.4 is 0 Å². The van der Waals surface area contributed by atoms with Crippen molar-refractivity contribution in [3.63, 3.8) is 0 Å². The first kappa shape index (κ1) is 12.5. The Morgan fingerprint density at radius 1 is 1.25 bits per heavy atom. The summed E-state index contributed by atoms with van der Waals surface area (Å²) < 4.78 is 0. The molecule has 16 heavy (non-hydrogen) atoms. The van der Waals surface area contributed by atoms with Crippen LogP contribution in [-0.2, 0) is 0 Å². The van der Waals surface area contributed by atoms with E-state index in [4.69, 9.17) is 4.99 Å². The molecule has 0 saturated heterocycles. The topological polar surface area (TPSA) is 12.4 Å². The molecule has 0 radical (unpaired) electrons. The second kappa shape index (κ2) is 5.57. The molecular formula is C14H25NS. The van der Waals surface area contributed by atoms with Crippen molar-refractivity contribution in [1.29, 1.82) is 0 Å². The molecule has 1 heterocycles. The molecule has 0 aromatic carbocycles. The van der Waals surface area contributed by atoms with Gasteiger partial charge in [-0.05, 0) is 32.1 Å². The maximum absolute atomic E-state index is 5.15. The molecule has 2 heteroatoms. The van der Waals surface area contributed by atoms with Crippen molar-refractivity contribution < 1.29 is 0 Å². The van der Waals surface area contributed by atoms with Gasteiger partial charge in [0.1, 0.15) is 4.87 Å². The van der Waals surface area contributed by atoms with Crippen LogP contribution in [0.15, 0.2) is 4.99 Å². The van der Waals surface area contributed by atoms with Crippen molar-refractivity contribution in [2.45, 2.75) is 81.8 Å². The van der Waals surface area contributed by atoms with E-state index in [1.807, 2.05) is 0 Å². The Balaban J connectivity index is 2.06. The Hall–Kier alpha value is 0.0200. The molecule has 2 rings (SSSR count). The molecule has 1 aliphatic heterocycles. The Bertz CT molecular complexity index is 261. The molecule has 1 saturated carbocycles. The lowest BCUT2D eigenvalue weighted by Gasteiger charge is -2.26. The van der Waals surface area contributed by atoms with Gasteiger partial charge in [0, 0.05) is 11.0 Å². The third-order valence-corrected chi connectivity index (χ3v) is 5.52. The monoisotopic (exact) mass is 239 g/mol. The quantitative estimate of drug-likeness (QED) is 0.671. The van der Waals surface area contributed by atoms with Gasteiger partial charge in [0.25, 0.3) is 0 Å². The lowest BCUT2D eigenvalue weighted by atomic mass is 9.97. The minimum Gasteiger partial charge on any atom is -0.275 e. The van der Waals surface area contributed by atoms with Crippen LogP contribution in [0.4, 0.5) is 0 Å². The maximum atomic E-state index is 5.15. The zero-order valence-corrected chi connectivity index (χ0v) is 11.6. The van der Waals surface area contributed by atoms with E-state index in [0.29, 0.717) is 0 Å². The third kappa shape index (κ3) is 2.64. The molecule has 2 unspecified atom stereocenters. The van der Waals surface area contributed by atoms with E-state index >= 15 is 0 Å². The highest BCUT2D eigenvalue weighted by molar-refractivity contribution is 8.02. The number of fused-ring (bicyclic) bond motifs is 1. The number of hydrogen-bond donors (Lipinski definition) is 0.